The van der Waals surface area contributed by atoms with Crippen molar-refractivity contribution in [3.8, 4) is 23.0 Å². The SMILES string of the molecule is COc1ccc(C)cc1S(=O)(=O)NCCOc1ccc2nnc(-c3ccccc3)n2n1. The Morgan fingerprint density at radius 3 is 2.61 bits per heavy atom. The van der Waals surface area contributed by atoms with Crippen molar-refractivity contribution in [2.75, 3.05) is 20.3 Å². The Morgan fingerprint density at radius 2 is 1.84 bits per heavy atom. The first-order chi connectivity index (χ1) is 15.0. The van der Waals surface area contributed by atoms with E-state index in [9.17, 15) is 8.42 Å². The number of benzene rings is 2. The highest BCUT2D eigenvalue weighted by Crippen LogP contribution is 2.24. The molecular formula is C21H21N5O4S. The number of hydrogen-bond acceptors (Lipinski definition) is 7. The lowest BCUT2D eigenvalue weighted by Gasteiger charge is -2.12. The van der Waals surface area contributed by atoms with Gasteiger partial charge in [-0.1, -0.05) is 36.4 Å². The van der Waals surface area contributed by atoms with Crippen LogP contribution in [0.5, 0.6) is 11.6 Å². The van der Waals surface area contributed by atoms with Crippen molar-refractivity contribution in [3.05, 3.63) is 66.2 Å². The van der Waals surface area contributed by atoms with E-state index < -0.39 is 10.0 Å². The third-order valence-corrected chi connectivity index (χ3v) is 6.01. The number of fused-ring (bicyclic) bond motifs is 1. The molecule has 0 bridgehead atoms. The lowest BCUT2D eigenvalue weighted by atomic mass is 10.2. The first-order valence-electron chi connectivity index (χ1n) is 9.53. The summed E-state index contributed by atoms with van der Waals surface area (Å²) in [6.07, 6.45) is 0. The normalized spacial score (nSPS) is 11.5. The van der Waals surface area contributed by atoms with Gasteiger partial charge >= 0.3 is 0 Å². The van der Waals surface area contributed by atoms with E-state index in [-0.39, 0.29) is 23.8 Å². The first kappa shape index (κ1) is 20.8. The van der Waals surface area contributed by atoms with E-state index in [1.807, 2.05) is 37.3 Å². The van der Waals surface area contributed by atoms with Gasteiger partial charge in [0.05, 0.1) is 7.11 Å². The third-order valence-electron chi connectivity index (χ3n) is 4.52. The van der Waals surface area contributed by atoms with Crippen molar-refractivity contribution in [1.29, 1.82) is 0 Å². The molecule has 0 aliphatic heterocycles. The molecule has 0 unspecified atom stereocenters. The van der Waals surface area contributed by atoms with E-state index in [2.05, 4.69) is 20.0 Å². The maximum Gasteiger partial charge on any atom is 0.244 e. The highest BCUT2D eigenvalue weighted by Gasteiger charge is 2.19. The van der Waals surface area contributed by atoms with Gasteiger partial charge in [-0.25, -0.2) is 13.1 Å². The van der Waals surface area contributed by atoms with Gasteiger partial charge in [-0.2, -0.15) is 4.52 Å². The molecule has 0 aliphatic carbocycles. The van der Waals surface area contributed by atoms with Crippen molar-refractivity contribution in [2.45, 2.75) is 11.8 Å². The Balaban J connectivity index is 1.44. The second-order valence-electron chi connectivity index (χ2n) is 6.73. The molecule has 0 atom stereocenters. The van der Waals surface area contributed by atoms with Gasteiger partial charge < -0.3 is 9.47 Å². The zero-order valence-corrected chi connectivity index (χ0v) is 17.8. The fourth-order valence-electron chi connectivity index (χ4n) is 3.02. The molecule has 9 nitrogen and oxygen atoms in total. The molecule has 4 rings (SSSR count). The Hall–Kier alpha value is -3.50. The average Bonchev–Trinajstić information content (AvgIpc) is 3.20. The Morgan fingerprint density at radius 1 is 1.03 bits per heavy atom. The van der Waals surface area contributed by atoms with Crippen LogP contribution >= 0.6 is 0 Å². The zero-order valence-electron chi connectivity index (χ0n) is 17.0. The minimum Gasteiger partial charge on any atom is -0.495 e. The minimum absolute atomic E-state index is 0.0624. The zero-order chi connectivity index (χ0) is 21.8. The summed E-state index contributed by atoms with van der Waals surface area (Å²) in [6.45, 7) is 1.97. The van der Waals surface area contributed by atoms with E-state index in [0.29, 0.717) is 17.4 Å². The molecule has 0 amide bonds. The fraction of sp³-hybridized carbons (Fsp3) is 0.190. The molecule has 0 radical (unpaired) electrons. The van der Waals surface area contributed by atoms with Crippen LogP contribution < -0.4 is 14.2 Å². The molecule has 0 spiro atoms. The van der Waals surface area contributed by atoms with Crippen molar-refractivity contribution < 1.29 is 17.9 Å². The summed E-state index contributed by atoms with van der Waals surface area (Å²) in [7, 11) is -2.32. The quantitative estimate of drug-likeness (QED) is 0.420. The lowest BCUT2D eigenvalue weighted by Crippen LogP contribution is -2.28. The second-order valence-corrected chi connectivity index (χ2v) is 8.47. The molecule has 2 aromatic heterocycles. The van der Waals surface area contributed by atoms with Crippen LogP contribution in [-0.4, -0.2) is 48.5 Å². The fourth-order valence-corrected chi connectivity index (χ4v) is 4.28. The summed E-state index contributed by atoms with van der Waals surface area (Å²) in [5, 5.41) is 12.7. The second kappa shape index (κ2) is 8.70. The van der Waals surface area contributed by atoms with Crippen LogP contribution in [0, 0.1) is 6.92 Å². The van der Waals surface area contributed by atoms with Gasteiger partial charge in [-0.05, 0) is 30.7 Å². The van der Waals surface area contributed by atoms with Gasteiger partial charge in [0, 0.05) is 18.2 Å². The van der Waals surface area contributed by atoms with Crippen molar-refractivity contribution in [3.63, 3.8) is 0 Å². The summed E-state index contributed by atoms with van der Waals surface area (Å²) in [5.41, 5.74) is 2.27. The molecule has 1 N–H and O–H groups in total. The molecule has 10 heteroatoms. The summed E-state index contributed by atoms with van der Waals surface area (Å²) in [4.78, 5) is 0.0894. The summed E-state index contributed by atoms with van der Waals surface area (Å²) in [6, 6.07) is 18.0. The highest BCUT2D eigenvalue weighted by molar-refractivity contribution is 7.89. The Labute approximate surface area is 179 Å². The van der Waals surface area contributed by atoms with E-state index in [4.69, 9.17) is 9.47 Å². The molecule has 0 saturated heterocycles. The van der Waals surface area contributed by atoms with Crippen LogP contribution in [0.15, 0.2) is 65.6 Å². The standard InChI is InChI=1S/C21H21N5O4S/c1-15-8-9-17(29-2)18(14-15)31(27,28)22-12-13-30-20-11-10-19-23-24-21(26(19)25-20)16-6-4-3-5-7-16/h3-11,14,22H,12-13H2,1-2H3. The van der Waals surface area contributed by atoms with Crippen LogP contribution in [0.25, 0.3) is 17.0 Å². The largest absolute Gasteiger partial charge is 0.495 e. The first-order valence-corrected chi connectivity index (χ1v) is 11.0. The summed E-state index contributed by atoms with van der Waals surface area (Å²) >= 11 is 0. The molecule has 0 aliphatic rings. The molecule has 2 heterocycles. The number of hydrogen-bond donors (Lipinski definition) is 1. The number of ether oxygens (including phenoxy) is 2. The van der Waals surface area contributed by atoms with Gasteiger partial charge in [0.1, 0.15) is 17.3 Å². The Kier molecular flexibility index (Phi) is 5.83. The average molecular weight is 439 g/mol. The number of aryl methyl sites for hydroxylation is 1. The van der Waals surface area contributed by atoms with Gasteiger partial charge in [0.2, 0.25) is 15.9 Å². The molecule has 160 valence electrons. The number of sulfonamides is 1. The predicted molar refractivity (Wildman–Crippen MR) is 115 cm³/mol. The molecule has 0 fully saturated rings. The van der Waals surface area contributed by atoms with Crippen LogP contribution in [0.1, 0.15) is 5.56 Å². The van der Waals surface area contributed by atoms with E-state index >= 15 is 0 Å². The smallest absolute Gasteiger partial charge is 0.244 e. The van der Waals surface area contributed by atoms with Crippen molar-refractivity contribution in [2.24, 2.45) is 0 Å². The van der Waals surface area contributed by atoms with Crippen molar-refractivity contribution in [1.82, 2.24) is 24.5 Å². The molecule has 4 aromatic rings. The highest BCUT2D eigenvalue weighted by atomic mass is 32.2. The maximum absolute atomic E-state index is 12.6. The Bertz CT molecular complexity index is 1310. The van der Waals surface area contributed by atoms with Gasteiger partial charge in [-0.3, -0.25) is 0 Å². The number of nitrogens with zero attached hydrogens (tertiary/aromatic N) is 4. The number of nitrogens with one attached hydrogen (secondary N) is 1. The van der Waals surface area contributed by atoms with E-state index in [1.165, 1.54) is 7.11 Å². The minimum atomic E-state index is -3.75. The summed E-state index contributed by atoms with van der Waals surface area (Å²) < 4.78 is 40.2. The number of aromatic nitrogens is 4. The van der Waals surface area contributed by atoms with Crippen LogP contribution in [0.2, 0.25) is 0 Å². The predicted octanol–water partition coefficient (Wildman–Crippen LogP) is 2.47. The molecule has 0 saturated carbocycles. The lowest BCUT2D eigenvalue weighted by molar-refractivity contribution is 0.305. The maximum atomic E-state index is 12.6. The monoisotopic (exact) mass is 439 g/mol. The molecule has 2 aromatic carbocycles. The molecule has 31 heavy (non-hydrogen) atoms. The van der Waals surface area contributed by atoms with Gasteiger partial charge in [0.25, 0.3) is 0 Å². The third kappa shape index (κ3) is 4.49. The van der Waals surface area contributed by atoms with Crippen LogP contribution in [0.4, 0.5) is 0 Å². The van der Waals surface area contributed by atoms with E-state index in [1.54, 1.807) is 34.8 Å². The van der Waals surface area contributed by atoms with Crippen LogP contribution in [0.3, 0.4) is 0 Å². The molecular weight excluding hydrogens is 418 g/mol. The van der Waals surface area contributed by atoms with E-state index in [0.717, 1.165) is 11.1 Å². The van der Waals surface area contributed by atoms with Crippen molar-refractivity contribution >= 4 is 15.7 Å². The van der Waals surface area contributed by atoms with Crippen LogP contribution in [-0.2, 0) is 10.0 Å². The van der Waals surface area contributed by atoms with Gasteiger partial charge in [-0.15, -0.1) is 15.3 Å². The topological polar surface area (TPSA) is 108 Å². The summed E-state index contributed by atoms with van der Waals surface area (Å²) in [5.74, 6) is 1.21. The number of rotatable bonds is 8. The number of methoxy groups -OCH3 is 1. The van der Waals surface area contributed by atoms with Gasteiger partial charge in [0.15, 0.2) is 11.5 Å².